The lowest BCUT2D eigenvalue weighted by Crippen LogP contribution is -2.48. The Kier molecular flexibility index (Phi) is 8.21. The van der Waals surface area contributed by atoms with Gasteiger partial charge < -0.3 is 15.8 Å². The molecule has 2 rings (SSSR count). The number of nitrogens with zero attached hydrogens (tertiary/aromatic N) is 1. The quantitative estimate of drug-likeness (QED) is 0.778. The number of halogens is 4. The van der Waals surface area contributed by atoms with E-state index in [2.05, 4.69) is 5.32 Å². The van der Waals surface area contributed by atoms with Gasteiger partial charge in [-0.05, 0) is 12.1 Å². The molecule has 22 heavy (non-hydrogen) atoms. The molecule has 1 amide bonds. The first kappa shape index (κ1) is 19.8. The van der Waals surface area contributed by atoms with Crippen molar-refractivity contribution in [1.82, 2.24) is 4.90 Å². The minimum Gasteiger partial charge on any atom is -0.374 e. The van der Waals surface area contributed by atoms with Crippen molar-refractivity contribution in [1.29, 1.82) is 0 Å². The van der Waals surface area contributed by atoms with Crippen LogP contribution in [-0.2, 0) is 9.53 Å². The Bertz CT molecular complexity index is 530. The molecule has 9 heteroatoms. The summed E-state index contributed by atoms with van der Waals surface area (Å²) in [6.45, 7) is 2.59. The molecule has 1 aromatic carbocycles. The van der Waals surface area contributed by atoms with Crippen molar-refractivity contribution >= 4 is 58.8 Å². The molecule has 5 nitrogen and oxygen atoms in total. The number of nitrogens with two attached hydrogens (primary N) is 1. The van der Waals surface area contributed by atoms with E-state index in [9.17, 15) is 4.79 Å². The van der Waals surface area contributed by atoms with Gasteiger partial charge in [-0.3, -0.25) is 9.69 Å². The molecule has 0 spiro atoms. The van der Waals surface area contributed by atoms with Crippen molar-refractivity contribution in [2.24, 2.45) is 5.73 Å². The smallest absolute Gasteiger partial charge is 0.238 e. The predicted molar refractivity (Wildman–Crippen MR) is 92.6 cm³/mol. The summed E-state index contributed by atoms with van der Waals surface area (Å²) in [6, 6.07) is 3.03. The highest BCUT2D eigenvalue weighted by Crippen LogP contribution is 2.32. The zero-order valence-corrected chi connectivity index (χ0v) is 14.7. The van der Waals surface area contributed by atoms with Gasteiger partial charge in [0.2, 0.25) is 5.91 Å². The first-order valence-electron chi connectivity index (χ1n) is 6.48. The maximum Gasteiger partial charge on any atom is 0.238 e. The number of ether oxygens (including phenoxy) is 1. The molecule has 0 saturated carbocycles. The van der Waals surface area contributed by atoms with Crippen LogP contribution in [0.25, 0.3) is 0 Å². The zero-order chi connectivity index (χ0) is 15.4. The van der Waals surface area contributed by atoms with E-state index >= 15 is 0 Å². The van der Waals surface area contributed by atoms with Crippen LogP contribution in [-0.4, -0.2) is 49.7 Å². The number of amides is 1. The number of nitrogens with one attached hydrogen (secondary N) is 1. The monoisotopic (exact) mass is 387 g/mol. The molecule has 1 saturated heterocycles. The van der Waals surface area contributed by atoms with Crippen LogP contribution in [0.1, 0.15) is 0 Å². The lowest BCUT2D eigenvalue weighted by Gasteiger charge is -2.31. The summed E-state index contributed by atoms with van der Waals surface area (Å²) < 4.78 is 5.45. The minimum absolute atomic E-state index is 0. The normalized spacial score (nSPS) is 18.6. The molecule has 1 aliphatic rings. The van der Waals surface area contributed by atoms with Crippen molar-refractivity contribution in [2.75, 3.05) is 38.1 Å². The van der Waals surface area contributed by atoms with Gasteiger partial charge in [0, 0.05) is 19.6 Å². The summed E-state index contributed by atoms with van der Waals surface area (Å²) in [4.78, 5) is 14.1. The van der Waals surface area contributed by atoms with E-state index in [1.165, 1.54) is 12.1 Å². The Morgan fingerprint density at radius 3 is 2.68 bits per heavy atom. The van der Waals surface area contributed by atoms with Crippen LogP contribution in [0.4, 0.5) is 5.69 Å². The largest absolute Gasteiger partial charge is 0.374 e. The minimum atomic E-state index is -0.173. The van der Waals surface area contributed by atoms with Gasteiger partial charge in [-0.25, -0.2) is 0 Å². The molecule has 0 aliphatic carbocycles. The van der Waals surface area contributed by atoms with E-state index in [0.717, 1.165) is 0 Å². The Morgan fingerprint density at radius 1 is 1.32 bits per heavy atom. The maximum atomic E-state index is 12.1. The maximum absolute atomic E-state index is 12.1. The molecule has 124 valence electrons. The number of benzene rings is 1. The molecule has 1 fully saturated rings. The van der Waals surface area contributed by atoms with Gasteiger partial charge in [0.1, 0.15) is 0 Å². The van der Waals surface area contributed by atoms with Gasteiger partial charge in [-0.1, -0.05) is 34.8 Å². The third-order valence-corrected chi connectivity index (χ3v) is 4.17. The van der Waals surface area contributed by atoms with Crippen LogP contribution in [0, 0.1) is 0 Å². The van der Waals surface area contributed by atoms with Gasteiger partial charge in [0.05, 0.1) is 40.0 Å². The number of hydrogen-bond donors (Lipinski definition) is 2. The van der Waals surface area contributed by atoms with Crippen molar-refractivity contribution in [3.8, 4) is 0 Å². The molecule has 1 atom stereocenters. The topological polar surface area (TPSA) is 67.6 Å². The SMILES string of the molecule is Cl.NCC1CN(CC(=O)Nc2cc(Cl)c(Cl)cc2Cl)CCO1. The molecule has 3 N–H and O–H groups in total. The Morgan fingerprint density at radius 2 is 2.00 bits per heavy atom. The summed E-state index contributed by atoms with van der Waals surface area (Å²) in [7, 11) is 0. The van der Waals surface area contributed by atoms with Gasteiger partial charge >= 0.3 is 0 Å². The van der Waals surface area contributed by atoms with E-state index in [4.69, 9.17) is 45.3 Å². The summed E-state index contributed by atoms with van der Waals surface area (Å²) in [5.41, 5.74) is 6.02. The summed E-state index contributed by atoms with van der Waals surface area (Å²) in [5, 5.41) is 3.76. The van der Waals surface area contributed by atoms with Gasteiger partial charge in [-0.15, -0.1) is 12.4 Å². The molecular formula is C13H17Cl4N3O2. The standard InChI is InChI=1S/C13H16Cl3N3O2.ClH/c14-9-3-11(16)12(4-10(9)15)18-13(20)7-19-1-2-21-8(5-17)6-19;/h3-4,8H,1-2,5-7,17H2,(H,18,20);1H. The first-order chi connectivity index (χ1) is 9.99. The van der Waals surface area contributed by atoms with Crippen LogP contribution in [0.3, 0.4) is 0 Å². The van der Waals surface area contributed by atoms with Gasteiger partial charge in [0.25, 0.3) is 0 Å². The van der Waals surface area contributed by atoms with Crippen molar-refractivity contribution in [3.63, 3.8) is 0 Å². The fourth-order valence-corrected chi connectivity index (χ4v) is 2.67. The third kappa shape index (κ3) is 5.42. The van der Waals surface area contributed by atoms with Crippen molar-refractivity contribution in [3.05, 3.63) is 27.2 Å². The van der Waals surface area contributed by atoms with Crippen LogP contribution in [0.15, 0.2) is 12.1 Å². The highest BCUT2D eigenvalue weighted by Gasteiger charge is 2.21. The summed E-state index contributed by atoms with van der Waals surface area (Å²) in [5.74, 6) is -0.173. The van der Waals surface area contributed by atoms with E-state index in [-0.39, 0.29) is 31.0 Å². The Labute approximate surface area is 150 Å². The molecule has 0 bridgehead atoms. The van der Waals surface area contributed by atoms with Crippen LogP contribution in [0.2, 0.25) is 15.1 Å². The first-order valence-corrected chi connectivity index (χ1v) is 7.61. The second-order valence-corrected chi connectivity index (χ2v) is 5.98. The van der Waals surface area contributed by atoms with Crippen molar-refractivity contribution in [2.45, 2.75) is 6.10 Å². The third-order valence-electron chi connectivity index (χ3n) is 3.14. The number of rotatable bonds is 4. The van der Waals surface area contributed by atoms with E-state index in [1.807, 2.05) is 4.90 Å². The van der Waals surface area contributed by atoms with Crippen LogP contribution in [0.5, 0.6) is 0 Å². The highest BCUT2D eigenvalue weighted by molar-refractivity contribution is 6.44. The van der Waals surface area contributed by atoms with E-state index < -0.39 is 0 Å². The second-order valence-electron chi connectivity index (χ2n) is 4.76. The van der Waals surface area contributed by atoms with E-state index in [1.54, 1.807) is 0 Å². The van der Waals surface area contributed by atoms with Crippen LogP contribution >= 0.6 is 47.2 Å². The lowest BCUT2D eigenvalue weighted by molar-refractivity contribution is -0.119. The Balaban J connectivity index is 0.00000242. The van der Waals surface area contributed by atoms with E-state index in [0.29, 0.717) is 47.0 Å². The molecule has 1 unspecified atom stereocenters. The average molecular weight is 389 g/mol. The fraction of sp³-hybridized carbons (Fsp3) is 0.462. The molecule has 0 aromatic heterocycles. The summed E-state index contributed by atoms with van der Waals surface area (Å²) >= 11 is 17.8. The molecule has 0 radical (unpaired) electrons. The molecule has 1 heterocycles. The second kappa shape index (κ2) is 9.13. The lowest BCUT2D eigenvalue weighted by atomic mass is 10.2. The average Bonchev–Trinajstić information content (AvgIpc) is 2.45. The van der Waals surface area contributed by atoms with Crippen LogP contribution < -0.4 is 11.1 Å². The molecule has 1 aliphatic heterocycles. The van der Waals surface area contributed by atoms with Crippen molar-refractivity contribution < 1.29 is 9.53 Å². The number of hydrogen-bond acceptors (Lipinski definition) is 4. The Hall–Kier alpha value is -0.270. The molecular weight excluding hydrogens is 372 g/mol. The van der Waals surface area contributed by atoms with Gasteiger partial charge in [0.15, 0.2) is 0 Å². The number of anilines is 1. The number of morpholine rings is 1. The number of carbonyl (C=O) groups excluding carboxylic acids is 1. The predicted octanol–water partition coefficient (Wildman–Crippen LogP) is 2.67. The number of carbonyl (C=O) groups is 1. The summed E-state index contributed by atoms with van der Waals surface area (Å²) in [6.07, 6.45) is -0.0277. The fourth-order valence-electron chi connectivity index (χ4n) is 2.08. The highest BCUT2D eigenvalue weighted by atomic mass is 35.5. The molecule has 1 aromatic rings. The zero-order valence-electron chi connectivity index (χ0n) is 11.7. The van der Waals surface area contributed by atoms with Gasteiger partial charge in [-0.2, -0.15) is 0 Å².